The van der Waals surface area contributed by atoms with E-state index in [1.165, 1.54) is 29.9 Å². The second kappa shape index (κ2) is 8.55. The summed E-state index contributed by atoms with van der Waals surface area (Å²) in [6.07, 6.45) is 2.47. The molecule has 3 N–H and O–H groups in total. The van der Waals surface area contributed by atoms with Crippen LogP contribution < -0.4 is 15.4 Å². The van der Waals surface area contributed by atoms with Crippen molar-refractivity contribution in [2.45, 2.75) is 35.6 Å². The minimum absolute atomic E-state index is 0.260. The van der Waals surface area contributed by atoms with Crippen LogP contribution in [0.15, 0.2) is 21.3 Å². The standard InChI is InChI=1S/C15H26N4O2S3/c1-12-5-6-13(23-12)24(20,21)19-9-8-17-14(16-3)18-11-15(2)7-4-10-22-15/h5-6,19H,4,7-11H2,1-3H3,(H2,16,17,18). The van der Waals surface area contributed by atoms with Gasteiger partial charge < -0.3 is 10.6 Å². The summed E-state index contributed by atoms with van der Waals surface area (Å²) < 4.78 is 27.5. The van der Waals surface area contributed by atoms with Gasteiger partial charge >= 0.3 is 0 Å². The van der Waals surface area contributed by atoms with Gasteiger partial charge in [0.25, 0.3) is 0 Å². The molecule has 136 valence electrons. The monoisotopic (exact) mass is 390 g/mol. The lowest BCUT2D eigenvalue weighted by molar-refractivity contribution is 0.578. The summed E-state index contributed by atoms with van der Waals surface area (Å²) in [5.74, 6) is 1.92. The third-order valence-corrected chi connectivity index (χ3v) is 8.34. The van der Waals surface area contributed by atoms with Gasteiger partial charge in [-0.15, -0.1) is 11.3 Å². The fraction of sp³-hybridized carbons (Fsp3) is 0.667. The highest BCUT2D eigenvalue weighted by molar-refractivity contribution is 8.00. The van der Waals surface area contributed by atoms with E-state index in [1.807, 2.05) is 24.8 Å². The zero-order valence-corrected chi connectivity index (χ0v) is 16.8. The second-order valence-electron chi connectivity index (χ2n) is 6.02. The van der Waals surface area contributed by atoms with Crippen LogP contribution in [0.4, 0.5) is 0 Å². The van der Waals surface area contributed by atoms with Crippen LogP contribution in [0.2, 0.25) is 0 Å². The Hall–Kier alpha value is -0.770. The normalized spacial score (nSPS) is 21.9. The zero-order valence-electron chi connectivity index (χ0n) is 14.4. The van der Waals surface area contributed by atoms with Gasteiger partial charge in [-0.25, -0.2) is 13.1 Å². The molecule has 1 saturated heterocycles. The van der Waals surface area contributed by atoms with E-state index < -0.39 is 10.0 Å². The van der Waals surface area contributed by atoms with E-state index in [1.54, 1.807) is 13.1 Å². The summed E-state index contributed by atoms with van der Waals surface area (Å²) in [5, 5.41) is 6.47. The predicted molar refractivity (Wildman–Crippen MR) is 104 cm³/mol. The van der Waals surface area contributed by atoms with Crippen LogP contribution in [0.1, 0.15) is 24.6 Å². The van der Waals surface area contributed by atoms with Crippen LogP contribution >= 0.6 is 23.1 Å². The first-order valence-corrected chi connectivity index (χ1v) is 11.3. The lowest BCUT2D eigenvalue weighted by Gasteiger charge is -2.24. The van der Waals surface area contributed by atoms with Gasteiger partial charge in [0.15, 0.2) is 5.96 Å². The zero-order chi connectivity index (χ0) is 17.6. The van der Waals surface area contributed by atoms with Gasteiger partial charge in [0.05, 0.1) is 0 Å². The largest absolute Gasteiger partial charge is 0.355 e. The fourth-order valence-electron chi connectivity index (χ4n) is 2.46. The molecule has 0 spiro atoms. The summed E-state index contributed by atoms with van der Waals surface area (Å²) in [6.45, 7) is 5.81. The summed E-state index contributed by atoms with van der Waals surface area (Å²) in [7, 11) is -1.69. The highest BCUT2D eigenvalue weighted by atomic mass is 32.2. The van der Waals surface area contributed by atoms with Crippen molar-refractivity contribution in [3.63, 3.8) is 0 Å². The third-order valence-electron chi connectivity index (χ3n) is 3.84. The van der Waals surface area contributed by atoms with Gasteiger partial charge in [0.1, 0.15) is 4.21 Å². The molecule has 0 aliphatic carbocycles. The van der Waals surface area contributed by atoms with E-state index in [0.29, 0.717) is 23.3 Å². The molecule has 0 aromatic carbocycles. The van der Waals surface area contributed by atoms with Crippen molar-refractivity contribution in [3.8, 4) is 0 Å². The van der Waals surface area contributed by atoms with Gasteiger partial charge in [-0.1, -0.05) is 0 Å². The Morgan fingerprint density at radius 1 is 1.33 bits per heavy atom. The van der Waals surface area contributed by atoms with Crippen LogP contribution in [0.3, 0.4) is 0 Å². The molecule has 0 saturated carbocycles. The van der Waals surface area contributed by atoms with Gasteiger partial charge in [0.2, 0.25) is 10.0 Å². The minimum Gasteiger partial charge on any atom is -0.355 e. The van der Waals surface area contributed by atoms with Gasteiger partial charge in [-0.2, -0.15) is 11.8 Å². The molecule has 1 aromatic rings. The molecule has 0 radical (unpaired) electrons. The molecule has 0 amide bonds. The molecule has 1 aliphatic heterocycles. The molecule has 0 bridgehead atoms. The molecule has 1 aliphatic rings. The van der Waals surface area contributed by atoms with Crippen LogP contribution in [0.5, 0.6) is 0 Å². The van der Waals surface area contributed by atoms with Gasteiger partial charge in [-0.3, -0.25) is 4.99 Å². The average molecular weight is 391 g/mol. The quantitative estimate of drug-likeness (QED) is 0.376. The number of nitrogens with one attached hydrogen (secondary N) is 3. The SMILES string of the molecule is CN=C(NCCNS(=O)(=O)c1ccc(C)s1)NCC1(C)CCCS1. The maximum absolute atomic E-state index is 12.1. The van der Waals surface area contributed by atoms with Crippen molar-refractivity contribution in [2.75, 3.05) is 32.4 Å². The maximum atomic E-state index is 12.1. The summed E-state index contributed by atoms with van der Waals surface area (Å²) in [5.41, 5.74) is 0. The molecular formula is C15H26N4O2S3. The Morgan fingerprint density at radius 3 is 2.71 bits per heavy atom. The van der Waals surface area contributed by atoms with E-state index in [-0.39, 0.29) is 4.75 Å². The second-order valence-corrected chi connectivity index (χ2v) is 11.0. The Bertz CT molecular complexity index is 664. The van der Waals surface area contributed by atoms with Crippen molar-refractivity contribution in [2.24, 2.45) is 4.99 Å². The highest BCUT2D eigenvalue weighted by Crippen LogP contribution is 2.36. The number of thiophene rings is 1. The van der Waals surface area contributed by atoms with Crippen molar-refractivity contribution in [1.82, 2.24) is 15.4 Å². The summed E-state index contributed by atoms with van der Waals surface area (Å²) in [6, 6.07) is 3.45. The number of hydrogen-bond donors (Lipinski definition) is 3. The highest BCUT2D eigenvalue weighted by Gasteiger charge is 2.29. The molecule has 1 atom stereocenters. The molecule has 2 rings (SSSR count). The fourth-order valence-corrected chi connectivity index (χ4v) is 6.07. The molecule has 6 nitrogen and oxygen atoms in total. The first-order valence-electron chi connectivity index (χ1n) is 7.99. The minimum atomic E-state index is -3.41. The number of guanidine groups is 1. The topological polar surface area (TPSA) is 82.6 Å². The van der Waals surface area contributed by atoms with E-state index >= 15 is 0 Å². The molecule has 1 fully saturated rings. The Labute approximate surface area is 153 Å². The predicted octanol–water partition coefficient (Wildman–Crippen LogP) is 1.79. The number of aryl methyl sites for hydroxylation is 1. The van der Waals surface area contributed by atoms with E-state index in [0.717, 1.165) is 11.4 Å². The number of thioether (sulfide) groups is 1. The Balaban J connectivity index is 1.72. The van der Waals surface area contributed by atoms with Gasteiger partial charge in [0, 0.05) is 36.3 Å². The van der Waals surface area contributed by atoms with E-state index in [9.17, 15) is 8.42 Å². The first-order chi connectivity index (χ1) is 11.3. The summed E-state index contributed by atoms with van der Waals surface area (Å²) in [4.78, 5) is 5.17. The smallest absolute Gasteiger partial charge is 0.250 e. The molecule has 2 heterocycles. The Morgan fingerprint density at radius 2 is 2.12 bits per heavy atom. The van der Waals surface area contributed by atoms with Crippen LogP contribution in [-0.2, 0) is 10.0 Å². The molecule has 24 heavy (non-hydrogen) atoms. The number of aliphatic imine (C=N–C) groups is 1. The maximum Gasteiger partial charge on any atom is 0.250 e. The third kappa shape index (κ3) is 5.65. The number of sulfonamides is 1. The molecule has 1 unspecified atom stereocenters. The first kappa shape index (κ1) is 19.6. The number of nitrogens with zero attached hydrogens (tertiary/aromatic N) is 1. The van der Waals surface area contributed by atoms with Crippen molar-refractivity contribution in [1.29, 1.82) is 0 Å². The van der Waals surface area contributed by atoms with Crippen LogP contribution in [-0.4, -0.2) is 51.6 Å². The average Bonchev–Trinajstić information content (AvgIpc) is 3.16. The number of hydrogen-bond acceptors (Lipinski definition) is 5. The van der Waals surface area contributed by atoms with Crippen LogP contribution in [0.25, 0.3) is 0 Å². The Kier molecular flexibility index (Phi) is 6.97. The molecule has 9 heteroatoms. The van der Waals surface area contributed by atoms with Crippen LogP contribution in [0, 0.1) is 6.92 Å². The summed E-state index contributed by atoms with van der Waals surface area (Å²) >= 11 is 3.27. The lowest BCUT2D eigenvalue weighted by atomic mass is 10.1. The van der Waals surface area contributed by atoms with Crippen molar-refractivity contribution in [3.05, 3.63) is 17.0 Å². The van der Waals surface area contributed by atoms with Crippen molar-refractivity contribution < 1.29 is 8.42 Å². The number of rotatable bonds is 7. The van der Waals surface area contributed by atoms with E-state index in [4.69, 9.17) is 0 Å². The van der Waals surface area contributed by atoms with Gasteiger partial charge in [-0.05, 0) is 44.6 Å². The molecular weight excluding hydrogens is 364 g/mol. The lowest BCUT2D eigenvalue weighted by Crippen LogP contribution is -2.45. The van der Waals surface area contributed by atoms with E-state index in [2.05, 4.69) is 27.3 Å². The molecule has 1 aromatic heterocycles. The van der Waals surface area contributed by atoms with Crippen molar-refractivity contribution >= 4 is 39.1 Å².